The van der Waals surface area contributed by atoms with E-state index in [1.165, 1.54) is 0 Å². The summed E-state index contributed by atoms with van der Waals surface area (Å²) >= 11 is 0. The fourth-order valence-corrected chi connectivity index (χ4v) is 4.10. The van der Waals surface area contributed by atoms with Crippen LogP contribution < -0.4 is 0 Å². The smallest absolute Gasteiger partial charge is 0.261 e. The number of fused-ring (bicyclic) bond motifs is 1. The molecule has 2 saturated heterocycles. The van der Waals surface area contributed by atoms with Gasteiger partial charge in [0, 0.05) is 39.3 Å². The molecule has 28 heavy (non-hydrogen) atoms. The standard InChI is InChI=1S/C20H25N3O5/c24-14(13-23-18(25)15-4-1-2-5-16(15)19(23)26)12-21-7-9-22(10-8-21)20(27)17-6-3-11-28-17/h1-2,4-5,14,17,24H,3,6-13H2/t14-,17+/m1/s1. The highest BCUT2D eigenvalue weighted by molar-refractivity contribution is 6.21. The molecule has 1 aromatic rings. The van der Waals surface area contributed by atoms with Gasteiger partial charge in [0.2, 0.25) is 0 Å². The number of hydrogen-bond donors (Lipinski definition) is 1. The summed E-state index contributed by atoms with van der Waals surface area (Å²) < 4.78 is 5.47. The summed E-state index contributed by atoms with van der Waals surface area (Å²) in [5.74, 6) is -0.651. The van der Waals surface area contributed by atoms with Crippen molar-refractivity contribution in [3.63, 3.8) is 0 Å². The van der Waals surface area contributed by atoms with Crippen molar-refractivity contribution in [2.75, 3.05) is 45.9 Å². The number of nitrogens with zero attached hydrogens (tertiary/aromatic N) is 3. The van der Waals surface area contributed by atoms with Crippen LogP contribution in [0.5, 0.6) is 0 Å². The Kier molecular flexibility index (Phi) is 5.43. The van der Waals surface area contributed by atoms with Crippen LogP contribution in [0.3, 0.4) is 0 Å². The number of β-amino-alcohol motifs (C(OH)–C–C–N with tert-alkyl or cyclic N) is 1. The van der Waals surface area contributed by atoms with Crippen LogP contribution in [0.4, 0.5) is 0 Å². The number of carbonyl (C=O) groups excluding carboxylic acids is 3. The van der Waals surface area contributed by atoms with E-state index in [0.29, 0.717) is 50.5 Å². The van der Waals surface area contributed by atoms with Crippen LogP contribution in [0.2, 0.25) is 0 Å². The van der Waals surface area contributed by atoms with Crippen molar-refractivity contribution in [1.82, 2.24) is 14.7 Å². The number of imide groups is 1. The van der Waals surface area contributed by atoms with E-state index in [1.54, 1.807) is 24.3 Å². The van der Waals surface area contributed by atoms with Crippen molar-refractivity contribution in [2.24, 2.45) is 0 Å². The summed E-state index contributed by atoms with van der Waals surface area (Å²) in [7, 11) is 0. The van der Waals surface area contributed by atoms with Crippen LogP contribution in [0.1, 0.15) is 33.6 Å². The number of ether oxygens (including phenoxy) is 1. The lowest BCUT2D eigenvalue weighted by molar-refractivity contribution is -0.142. The monoisotopic (exact) mass is 387 g/mol. The average molecular weight is 387 g/mol. The van der Waals surface area contributed by atoms with Crippen molar-refractivity contribution in [1.29, 1.82) is 0 Å². The predicted molar refractivity (Wildman–Crippen MR) is 99.8 cm³/mol. The molecule has 0 unspecified atom stereocenters. The first kappa shape index (κ1) is 19.0. The Bertz CT molecular complexity index is 734. The Morgan fingerprint density at radius 3 is 2.29 bits per heavy atom. The second kappa shape index (κ2) is 7.98. The zero-order valence-corrected chi connectivity index (χ0v) is 15.7. The van der Waals surface area contributed by atoms with E-state index in [1.807, 2.05) is 4.90 Å². The highest BCUT2D eigenvalue weighted by atomic mass is 16.5. The second-order valence-corrected chi connectivity index (χ2v) is 7.55. The molecule has 4 rings (SSSR count). The van der Waals surface area contributed by atoms with Gasteiger partial charge in [-0.3, -0.25) is 24.2 Å². The molecule has 3 aliphatic heterocycles. The molecule has 150 valence electrons. The molecule has 0 radical (unpaired) electrons. The number of amides is 3. The van der Waals surface area contributed by atoms with E-state index < -0.39 is 6.10 Å². The number of aliphatic hydroxyl groups excluding tert-OH is 1. The van der Waals surface area contributed by atoms with E-state index in [2.05, 4.69) is 4.90 Å². The maximum atomic E-state index is 12.4. The van der Waals surface area contributed by atoms with E-state index in [4.69, 9.17) is 4.74 Å². The maximum absolute atomic E-state index is 12.4. The zero-order chi connectivity index (χ0) is 19.7. The Labute approximate surface area is 163 Å². The van der Waals surface area contributed by atoms with Crippen LogP contribution in [-0.4, -0.2) is 95.6 Å². The predicted octanol–water partition coefficient (Wildman–Crippen LogP) is -0.0333. The summed E-state index contributed by atoms with van der Waals surface area (Å²) in [5.41, 5.74) is 0.780. The molecule has 1 N–H and O–H groups in total. The fraction of sp³-hybridized carbons (Fsp3) is 0.550. The van der Waals surface area contributed by atoms with Gasteiger partial charge in [-0.1, -0.05) is 12.1 Å². The number of carbonyl (C=O) groups is 3. The molecule has 8 heteroatoms. The Morgan fingerprint density at radius 1 is 1.07 bits per heavy atom. The van der Waals surface area contributed by atoms with Crippen molar-refractivity contribution >= 4 is 17.7 Å². The van der Waals surface area contributed by atoms with Gasteiger partial charge >= 0.3 is 0 Å². The van der Waals surface area contributed by atoms with E-state index >= 15 is 0 Å². The van der Waals surface area contributed by atoms with Crippen molar-refractivity contribution in [3.05, 3.63) is 35.4 Å². The summed E-state index contributed by atoms with van der Waals surface area (Å²) in [6.07, 6.45) is 0.590. The molecule has 0 aliphatic carbocycles. The SMILES string of the molecule is O=C([C@@H]1CCCO1)N1CCN(C[C@@H](O)CN2C(=O)c3ccccc3C2=O)CC1. The largest absolute Gasteiger partial charge is 0.390 e. The molecule has 8 nitrogen and oxygen atoms in total. The number of benzene rings is 1. The minimum atomic E-state index is -0.831. The molecule has 0 spiro atoms. The summed E-state index contributed by atoms with van der Waals surface area (Å²) in [5, 5.41) is 10.4. The third-order valence-corrected chi connectivity index (χ3v) is 5.63. The average Bonchev–Trinajstić information content (AvgIpc) is 3.32. The lowest BCUT2D eigenvalue weighted by atomic mass is 10.1. The van der Waals surface area contributed by atoms with Gasteiger partial charge in [0.05, 0.1) is 23.8 Å². The van der Waals surface area contributed by atoms with Crippen LogP contribution in [0.15, 0.2) is 24.3 Å². The minimum Gasteiger partial charge on any atom is -0.390 e. The van der Waals surface area contributed by atoms with Crippen LogP contribution in [0, 0.1) is 0 Å². The number of hydrogen-bond acceptors (Lipinski definition) is 6. The molecule has 2 fully saturated rings. The Morgan fingerprint density at radius 2 is 1.71 bits per heavy atom. The molecule has 0 saturated carbocycles. The number of rotatable bonds is 5. The van der Waals surface area contributed by atoms with Gasteiger partial charge in [-0.2, -0.15) is 0 Å². The third-order valence-electron chi connectivity index (χ3n) is 5.63. The minimum absolute atomic E-state index is 0.0264. The maximum Gasteiger partial charge on any atom is 0.261 e. The summed E-state index contributed by atoms with van der Waals surface area (Å²) in [6.45, 7) is 3.48. The quantitative estimate of drug-likeness (QED) is 0.714. The molecular formula is C20H25N3O5. The van der Waals surface area contributed by atoms with Gasteiger partial charge in [-0.25, -0.2) is 0 Å². The van der Waals surface area contributed by atoms with Crippen LogP contribution in [0.25, 0.3) is 0 Å². The van der Waals surface area contributed by atoms with Gasteiger partial charge in [0.15, 0.2) is 0 Å². The number of piperazine rings is 1. The highest BCUT2D eigenvalue weighted by Gasteiger charge is 2.36. The third kappa shape index (κ3) is 3.67. The van der Waals surface area contributed by atoms with Crippen molar-refractivity contribution in [2.45, 2.75) is 25.0 Å². The van der Waals surface area contributed by atoms with Crippen molar-refractivity contribution < 1.29 is 24.2 Å². The molecule has 0 aromatic heterocycles. The molecule has 3 heterocycles. The van der Waals surface area contributed by atoms with Gasteiger partial charge < -0.3 is 14.7 Å². The summed E-state index contributed by atoms with van der Waals surface area (Å²) in [6, 6.07) is 6.71. The van der Waals surface area contributed by atoms with Crippen molar-refractivity contribution in [3.8, 4) is 0 Å². The van der Waals surface area contributed by atoms with E-state index in [9.17, 15) is 19.5 Å². The lowest BCUT2D eigenvalue weighted by Gasteiger charge is -2.36. The zero-order valence-electron chi connectivity index (χ0n) is 15.7. The molecule has 3 aliphatic rings. The molecule has 0 bridgehead atoms. The Balaban J connectivity index is 1.26. The first-order valence-corrected chi connectivity index (χ1v) is 9.80. The highest BCUT2D eigenvalue weighted by Crippen LogP contribution is 2.22. The normalized spacial score (nSPS) is 24.0. The second-order valence-electron chi connectivity index (χ2n) is 7.55. The first-order chi connectivity index (χ1) is 13.5. The molecule has 2 atom stereocenters. The van der Waals surface area contributed by atoms with Gasteiger partial charge in [-0.05, 0) is 25.0 Å². The summed E-state index contributed by atoms with van der Waals surface area (Å²) in [4.78, 5) is 42.2. The number of aliphatic hydroxyl groups is 1. The van der Waals surface area contributed by atoms with Gasteiger partial charge in [0.1, 0.15) is 6.10 Å². The lowest BCUT2D eigenvalue weighted by Crippen LogP contribution is -2.53. The molecule has 3 amide bonds. The molecule has 1 aromatic carbocycles. The molecular weight excluding hydrogens is 362 g/mol. The Hall–Kier alpha value is -2.29. The van der Waals surface area contributed by atoms with Crippen LogP contribution >= 0.6 is 0 Å². The topological polar surface area (TPSA) is 90.4 Å². The van der Waals surface area contributed by atoms with Gasteiger partial charge in [-0.15, -0.1) is 0 Å². The van der Waals surface area contributed by atoms with Gasteiger partial charge in [0.25, 0.3) is 17.7 Å². The van der Waals surface area contributed by atoms with E-state index in [0.717, 1.165) is 17.7 Å². The van der Waals surface area contributed by atoms with E-state index in [-0.39, 0.29) is 30.4 Å². The fourth-order valence-electron chi connectivity index (χ4n) is 4.10. The van der Waals surface area contributed by atoms with Crippen LogP contribution in [-0.2, 0) is 9.53 Å². The first-order valence-electron chi connectivity index (χ1n) is 9.80.